The van der Waals surface area contributed by atoms with E-state index >= 15 is 0 Å². The molecule has 0 radical (unpaired) electrons. The van der Waals surface area contributed by atoms with Crippen molar-refractivity contribution in [3.63, 3.8) is 0 Å². The highest BCUT2D eigenvalue weighted by Crippen LogP contribution is 2.33. The molecular formula is C31H32FN3O5S. The maximum Gasteiger partial charge on any atom is 0.270 e. The van der Waals surface area contributed by atoms with Crippen molar-refractivity contribution in [3.05, 3.63) is 94.8 Å². The van der Waals surface area contributed by atoms with Crippen LogP contribution >= 0.6 is 0 Å². The van der Waals surface area contributed by atoms with Gasteiger partial charge in [0.05, 0.1) is 17.2 Å². The van der Waals surface area contributed by atoms with E-state index in [1.54, 1.807) is 6.07 Å². The molecule has 0 bridgehead atoms. The van der Waals surface area contributed by atoms with Crippen LogP contribution in [-0.2, 0) is 10.0 Å². The van der Waals surface area contributed by atoms with Crippen LogP contribution < -0.4 is 19.9 Å². The monoisotopic (exact) mass is 577 g/mol. The van der Waals surface area contributed by atoms with Crippen LogP contribution in [0.3, 0.4) is 0 Å². The second-order valence-corrected chi connectivity index (χ2v) is 11.9. The zero-order chi connectivity index (χ0) is 29.9. The summed E-state index contributed by atoms with van der Waals surface area (Å²) in [7, 11) is -4.26. The van der Waals surface area contributed by atoms with E-state index in [0.29, 0.717) is 29.4 Å². The first-order valence-corrected chi connectivity index (χ1v) is 14.4. The molecule has 0 fully saturated rings. The first-order chi connectivity index (χ1) is 19.3. The standard InChI is InChI=1S/C31H32FN3O5S/c1-18(2)17-39-25-14-22(13-23(32)15-25)28-10-9-27(30(36)35-41(37,38)26-8-6-7-24(33)16-26)31(34-28)40-29-20(4)11-19(3)12-21(29)5/h6-16,18H,17,33H2,1-5H3,(H,35,36). The molecule has 3 N–H and O–H groups in total. The number of aryl methyl sites for hydroxylation is 3. The Morgan fingerprint density at radius 3 is 2.37 bits per heavy atom. The average Bonchev–Trinajstić information content (AvgIpc) is 2.89. The van der Waals surface area contributed by atoms with Gasteiger partial charge in [-0.3, -0.25) is 4.79 Å². The van der Waals surface area contributed by atoms with E-state index in [4.69, 9.17) is 15.2 Å². The van der Waals surface area contributed by atoms with Crippen molar-refractivity contribution in [2.75, 3.05) is 12.3 Å². The summed E-state index contributed by atoms with van der Waals surface area (Å²) in [6.07, 6.45) is 0. The zero-order valence-electron chi connectivity index (χ0n) is 23.5. The van der Waals surface area contributed by atoms with E-state index < -0.39 is 21.7 Å². The SMILES string of the molecule is Cc1cc(C)c(Oc2nc(-c3cc(F)cc(OCC(C)C)c3)ccc2C(=O)NS(=O)(=O)c2cccc(N)c2)c(C)c1. The molecule has 0 aliphatic heterocycles. The molecule has 0 atom stereocenters. The molecule has 4 rings (SSSR count). The van der Waals surface area contributed by atoms with E-state index in [9.17, 15) is 17.6 Å². The van der Waals surface area contributed by atoms with Crippen molar-refractivity contribution in [2.45, 2.75) is 39.5 Å². The minimum absolute atomic E-state index is 0.131. The van der Waals surface area contributed by atoms with Crippen LogP contribution in [0.2, 0.25) is 0 Å². The third kappa shape index (κ3) is 7.20. The Bertz CT molecular complexity index is 1700. The molecule has 41 heavy (non-hydrogen) atoms. The number of benzene rings is 3. The lowest BCUT2D eigenvalue weighted by molar-refractivity contribution is 0.0978. The predicted octanol–water partition coefficient (Wildman–Crippen LogP) is 6.34. The number of nitrogens with zero attached hydrogens (tertiary/aromatic N) is 1. The van der Waals surface area contributed by atoms with Crippen LogP contribution in [-0.4, -0.2) is 25.9 Å². The van der Waals surface area contributed by atoms with E-state index in [0.717, 1.165) is 16.7 Å². The number of hydrogen-bond donors (Lipinski definition) is 2. The van der Waals surface area contributed by atoms with Crippen molar-refractivity contribution in [3.8, 4) is 28.6 Å². The second-order valence-electron chi connectivity index (χ2n) is 10.3. The molecule has 0 saturated heterocycles. The average molecular weight is 578 g/mol. The van der Waals surface area contributed by atoms with Crippen molar-refractivity contribution in [2.24, 2.45) is 5.92 Å². The number of anilines is 1. The van der Waals surface area contributed by atoms with Crippen molar-refractivity contribution < 1.29 is 27.1 Å². The summed E-state index contributed by atoms with van der Waals surface area (Å²) in [5, 5.41) is 0. The van der Waals surface area contributed by atoms with E-state index in [-0.39, 0.29) is 27.9 Å². The number of ether oxygens (including phenoxy) is 2. The van der Waals surface area contributed by atoms with Gasteiger partial charge in [0.25, 0.3) is 15.9 Å². The van der Waals surface area contributed by atoms with Gasteiger partial charge in [-0.1, -0.05) is 37.6 Å². The molecule has 0 aliphatic rings. The van der Waals surface area contributed by atoms with Crippen molar-refractivity contribution >= 4 is 21.6 Å². The number of nitrogens with two attached hydrogens (primary N) is 1. The number of halogens is 1. The highest BCUT2D eigenvalue weighted by molar-refractivity contribution is 7.90. The molecule has 4 aromatic rings. The second kappa shape index (κ2) is 12.0. The fourth-order valence-corrected chi connectivity index (χ4v) is 5.27. The third-order valence-corrected chi connectivity index (χ3v) is 7.38. The number of sulfonamides is 1. The number of nitrogens with one attached hydrogen (secondary N) is 1. The first kappa shape index (κ1) is 29.5. The third-order valence-electron chi connectivity index (χ3n) is 6.05. The minimum atomic E-state index is -4.26. The number of pyridine rings is 1. The highest BCUT2D eigenvalue weighted by Gasteiger charge is 2.24. The lowest BCUT2D eigenvalue weighted by Gasteiger charge is -2.16. The summed E-state index contributed by atoms with van der Waals surface area (Å²) >= 11 is 0. The molecule has 0 saturated carbocycles. The molecule has 0 unspecified atom stereocenters. The summed E-state index contributed by atoms with van der Waals surface area (Å²) in [5.74, 6) is -0.588. The van der Waals surface area contributed by atoms with Gasteiger partial charge in [-0.05, 0) is 80.3 Å². The Balaban J connectivity index is 1.78. The number of nitrogen functional groups attached to an aromatic ring is 1. The van der Waals surface area contributed by atoms with Gasteiger partial charge < -0.3 is 15.2 Å². The molecule has 1 aromatic heterocycles. The molecule has 0 spiro atoms. The Hall–Kier alpha value is -4.44. The van der Waals surface area contributed by atoms with E-state index in [1.165, 1.54) is 48.5 Å². The first-order valence-electron chi connectivity index (χ1n) is 13.0. The van der Waals surface area contributed by atoms with Gasteiger partial charge in [-0.15, -0.1) is 0 Å². The number of aromatic nitrogens is 1. The number of amides is 1. The molecule has 0 aliphatic carbocycles. The summed E-state index contributed by atoms with van der Waals surface area (Å²) < 4.78 is 54.4. The quantitative estimate of drug-likeness (QED) is 0.223. The van der Waals surface area contributed by atoms with Gasteiger partial charge in [-0.2, -0.15) is 0 Å². The van der Waals surface area contributed by atoms with Crippen LogP contribution in [0, 0.1) is 32.5 Å². The van der Waals surface area contributed by atoms with E-state index in [1.807, 2.05) is 46.8 Å². The topological polar surface area (TPSA) is 121 Å². The fourth-order valence-electron chi connectivity index (χ4n) is 4.25. The summed E-state index contributed by atoms with van der Waals surface area (Å²) in [6, 6.07) is 16.5. The number of carbonyl (C=O) groups is 1. The molecule has 3 aromatic carbocycles. The Morgan fingerprint density at radius 2 is 1.71 bits per heavy atom. The van der Waals surface area contributed by atoms with Crippen LogP contribution in [0.4, 0.5) is 10.1 Å². The molecule has 214 valence electrons. The fraction of sp³-hybridized carbons (Fsp3) is 0.226. The maximum atomic E-state index is 14.5. The normalized spacial score (nSPS) is 11.4. The molecule has 8 nitrogen and oxygen atoms in total. The molecular weight excluding hydrogens is 545 g/mol. The largest absolute Gasteiger partial charge is 0.493 e. The molecule has 10 heteroatoms. The molecule has 1 amide bonds. The smallest absolute Gasteiger partial charge is 0.270 e. The molecule has 1 heterocycles. The number of rotatable bonds is 9. The van der Waals surface area contributed by atoms with Gasteiger partial charge in [0.15, 0.2) is 0 Å². The Morgan fingerprint density at radius 1 is 1.00 bits per heavy atom. The van der Waals surface area contributed by atoms with Crippen LogP contribution in [0.1, 0.15) is 40.9 Å². The van der Waals surface area contributed by atoms with Crippen LogP contribution in [0.25, 0.3) is 11.3 Å². The summed E-state index contributed by atoms with van der Waals surface area (Å²) in [6.45, 7) is 10.0. The maximum absolute atomic E-state index is 14.5. The lowest BCUT2D eigenvalue weighted by Crippen LogP contribution is -2.31. The summed E-state index contributed by atoms with van der Waals surface area (Å²) in [4.78, 5) is 17.7. The number of carbonyl (C=O) groups excluding carboxylic acids is 1. The van der Waals surface area contributed by atoms with Gasteiger partial charge in [0.2, 0.25) is 5.88 Å². The summed E-state index contributed by atoms with van der Waals surface area (Å²) in [5.41, 5.74) is 9.13. The lowest BCUT2D eigenvalue weighted by atomic mass is 10.1. The number of hydrogen-bond acceptors (Lipinski definition) is 7. The van der Waals surface area contributed by atoms with Crippen LogP contribution in [0.15, 0.2) is 71.6 Å². The van der Waals surface area contributed by atoms with Crippen molar-refractivity contribution in [1.82, 2.24) is 9.71 Å². The van der Waals surface area contributed by atoms with E-state index in [2.05, 4.69) is 9.71 Å². The van der Waals surface area contributed by atoms with Crippen LogP contribution in [0.5, 0.6) is 17.4 Å². The van der Waals surface area contributed by atoms with Crippen molar-refractivity contribution in [1.29, 1.82) is 0 Å². The Labute approximate surface area is 239 Å². The minimum Gasteiger partial charge on any atom is -0.493 e. The Kier molecular flexibility index (Phi) is 8.63. The van der Waals surface area contributed by atoms with Gasteiger partial charge in [0.1, 0.15) is 22.9 Å². The highest BCUT2D eigenvalue weighted by atomic mass is 32.2. The van der Waals surface area contributed by atoms with Gasteiger partial charge in [-0.25, -0.2) is 22.5 Å². The van der Waals surface area contributed by atoms with Gasteiger partial charge in [0, 0.05) is 17.3 Å². The van der Waals surface area contributed by atoms with Gasteiger partial charge >= 0.3 is 0 Å². The zero-order valence-corrected chi connectivity index (χ0v) is 24.3. The predicted molar refractivity (Wildman–Crippen MR) is 156 cm³/mol.